The Morgan fingerprint density at radius 1 is 1.33 bits per heavy atom. The van der Waals surface area contributed by atoms with Crippen molar-refractivity contribution in [2.45, 2.75) is 13.3 Å². The number of morpholine rings is 1. The molecule has 0 radical (unpaired) electrons. The van der Waals surface area contributed by atoms with E-state index in [9.17, 15) is 14.0 Å². The van der Waals surface area contributed by atoms with Crippen LogP contribution in [0.2, 0.25) is 0 Å². The smallest absolute Gasteiger partial charge is 0.281 e. The SMILES string of the molecule is Cc1nc(N2CCOCC2)sc1C(=O)NNC(=O)Cc1ccc(F)c(Br)c1. The number of hydrogen-bond acceptors (Lipinski definition) is 6. The van der Waals surface area contributed by atoms with Crippen LogP contribution < -0.4 is 15.8 Å². The third-order valence-corrected chi connectivity index (χ3v) is 5.76. The number of nitrogens with one attached hydrogen (secondary N) is 2. The second-order valence-corrected chi connectivity index (χ2v) is 7.77. The Labute approximate surface area is 168 Å². The van der Waals surface area contributed by atoms with Crippen LogP contribution in [0.15, 0.2) is 22.7 Å². The number of carbonyl (C=O) groups excluding carboxylic acids is 2. The number of aromatic nitrogens is 1. The largest absolute Gasteiger partial charge is 0.378 e. The van der Waals surface area contributed by atoms with Crippen molar-refractivity contribution in [2.24, 2.45) is 0 Å². The number of amides is 2. The van der Waals surface area contributed by atoms with Crippen molar-refractivity contribution >= 4 is 44.2 Å². The summed E-state index contributed by atoms with van der Waals surface area (Å²) in [4.78, 5) is 31.3. The second-order valence-electron chi connectivity index (χ2n) is 5.94. The molecular weight excluding hydrogens is 439 g/mol. The first kappa shape index (κ1) is 19.7. The standard InChI is InChI=1S/C17H18BrFN4O3S/c1-10-15(27-17(20-10)23-4-6-26-7-5-23)16(25)22-21-14(24)9-11-2-3-13(19)12(18)8-11/h2-3,8H,4-7,9H2,1H3,(H,21,24)(H,22,25). The molecule has 144 valence electrons. The summed E-state index contributed by atoms with van der Waals surface area (Å²) < 4.78 is 18.8. The van der Waals surface area contributed by atoms with E-state index in [2.05, 4.69) is 36.7 Å². The van der Waals surface area contributed by atoms with Crippen LogP contribution in [-0.2, 0) is 16.0 Å². The molecule has 0 bridgehead atoms. The van der Waals surface area contributed by atoms with Crippen molar-refractivity contribution in [3.63, 3.8) is 0 Å². The number of aryl methyl sites for hydroxylation is 1. The van der Waals surface area contributed by atoms with Gasteiger partial charge in [0, 0.05) is 13.1 Å². The molecule has 0 atom stereocenters. The number of anilines is 1. The van der Waals surface area contributed by atoms with Crippen LogP contribution in [0, 0.1) is 12.7 Å². The van der Waals surface area contributed by atoms with Gasteiger partial charge in [-0.05, 0) is 40.5 Å². The number of carbonyl (C=O) groups is 2. The molecule has 2 heterocycles. The van der Waals surface area contributed by atoms with Gasteiger partial charge in [-0.2, -0.15) is 0 Å². The van der Waals surface area contributed by atoms with Crippen molar-refractivity contribution in [2.75, 3.05) is 31.2 Å². The molecule has 7 nitrogen and oxygen atoms in total. The molecule has 0 saturated carbocycles. The van der Waals surface area contributed by atoms with E-state index in [0.29, 0.717) is 29.3 Å². The predicted octanol–water partition coefficient (Wildman–Crippen LogP) is 2.19. The quantitative estimate of drug-likeness (QED) is 0.688. The van der Waals surface area contributed by atoms with Gasteiger partial charge in [0.1, 0.15) is 10.7 Å². The fourth-order valence-electron chi connectivity index (χ4n) is 2.55. The Kier molecular flexibility index (Phi) is 6.40. The molecule has 0 aliphatic carbocycles. The molecule has 3 rings (SSSR count). The lowest BCUT2D eigenvalue weighted by Crippen LogP contribution is -2.42. The van der Waals surface area contributed by atoms with Crippen molar-refractivity contribution in [1.82, 2.24) is 15.8 Å². The average molecular weight is 457 g/mol. The number of halogens is 2. The number of rotatable bonds is 4. The number of nitrogens with zero attached hydrogens (tertiary/aromatic N) is 2. The third kappa shape index (κ3) is 5.02. The van der Waals surface area contributed by atoms with Gasteiger partial charge in [0.25, 0.3) is 5.91 Å². The van der Waals surface area contributed by atoms with Gasteiger partial charge in [-0.25, -0.2) is 9.37 Å². The highest BCUT2D eigenvalue weighted by atomic mass is 79.9. The van der Waals surface area contributed by atoms with Gasteiger partial charge in [0.15, 0.2) is 5.13 Å². The summed E-state index contributed by atoms with van der Waals surface area (Å²) in [5.41, 5.74) is 6.01. The Hall–Kier alpha value is -2.04. The normalized spacial score (nSPS) is 14.1. The minimum absolute atomic E-state index is 0.0138. The highest BCUT2D eigenvalue weighted by Gasteiger charge is 2.20. The Morgan fingerprint density at radius 2 is 2.07 bits per heavy atom. The first-order valence-electron chi connectivity index (χ1n) is 8.27. The van der Waals surface area contributed by atoms with Gasteiger partial charge in [0.05, 0.1) is 29.8 Å². The van der Waals surface area contributed by atoms with Crippen LogP contribution in [0.25, 0.3) is 0 Å². The number of hydrogen-bond donors (Lipinski definition) is 2. The third-order valence-electron chi connectivity index (χ3n) is 3.94. The van der Waals surface area contributed by atoms with Crippen molar-refractivity contribution in [3.8, 4) is 0 Å². The van der Waals surface area contributed by atoms with E-state index < -0.39 is 17.6 Å². The van der Waals surface area contributed by atoms with Gasteiger partial charge >= 0.3 is 0 Å². The van der Waals surface area contributed by atoms with E-state index in [1.807, 2.05) is 0 Å². The van der Waals surface area contributed by atoms with Crippen molar-refractivity contribution in [3.05, 3.63) is 44.6 Å². The molecule has 10 heteroatoms. The van der Waals surface area contributed by atoms with Crippen LogP contribution in [0.5, 0.6) is 0 Å². The fourth-order valence-corrected chi connectivity index (χ4v) is 3.99. The average Bonchev–Trinajstić information content (AvgIpc) is 3.05. The first-order valence-corrected chi connectivity index (χ1v) is 9.88. The van der Waals surface area contributed by atoms with Gasteiger partial charge in [-0.3, -0.25) is 20.4 Å². The molecule has 2 amide bonds. The summed E-state index contributed by atoms with van der Waals surface area (Å²) in [6.07, 6.45) is 0.0138. The molecule has 1 fully saturated rings. The zero-order valence-corrected chi connectivity index (χ0v) is 17.0. The molecule has 1 saturated heterocycles. The van der Waals surface area contributed by atoms with Crippen LogP contribution in [0.1, 0.15) is 20.9 Å². The lowest BCUT2D eigenvalue weighted by molar-refractivity contribution is -0.121. The minimum Gasteiger partial charge on any atom is -0.378 e. The topological polar surface area (TPSA) is 83.6 Å². The summed E-state index contributed by atoms with van der Waals surface area (Å²) in [6, 6.07) is 4.32. The number of thiazole rings is 1. The molecule has 2 aromatic rings. The van der Waals surface area contributed by atoms with Crippen LogP contribution in [0.4, 0.5) is 9.52 Å². The maximum atomic E-state index is 13.2. The zero-order valence-electron chi connectivity index (χ0n) is 14.6. The van der Waals surface area contributed by atoms with Crippen molar-refractivity contribution < 1.29 is 18.7 Å². The highest BCUT2D eigenvalue weighted by molar-refractivity contribution is 9.10. The Bertz CT molecular complexity index is 855. The van der Waals surface area contributed by atoms with E-state index in [-0.39, 0.29) is 10.9 Å². The summed E-state index contributed by atoms with van der Waals surface area (Å²) in [6.45, 7) is 4.49. The molecule has 2 N–H and O–H groups in total. The molecule has 1 aliphatic rings. The summed E-state index contributed by atoms with van der Waals surface area (Å²) >= 11 is 4.36. The zero-order chi connectivity index (χ0) is 19.4. The monoisotopic (exact) mass is 456 g/mol. The minimum atomic E-state index is -0.418. The second kappa shape index (κ2) is 8.77. The lowest BCUT2D eigenvalue weighted by atomic mass is 10.1. The molecular formula is C17H18BrFN4O3S. The van der Waals surface area contributed by atoms with E-state index in [1.54, 1.807) is 6.92 Å². The molecule has 1 aromatic carbocycles. The van der Waals surface area contributed by atoms with Gasteiger partial charge in [-0.1, -0.05) is 17.4 Å². The van der Waals surface area contributed by atoms with Crippen LogP contribution >= 0.6 is 27.3 Å². The highest BCUT2D eigenvalue weighted by Crippen LogP contribution is 2.26. The van der Waals surface area contributed by atoms with Gasteiger partial charge in [0.2, 0.25) is 5.91 Å². The molecule has 1 aliphatic heterocycles. The maximum Gasteiger partial charge on any atom is 0.281 e. The molecule has 0 unspecified atom stereocenters. The number of benzene rings is 1. The number of ether oxygens (including phenoxy) is 1. The summed E-state index contributed by atoms with van der Waals surface area (Å²) in [7, 11) is 0. The van der Waals surface area contributed by atoms with Gasteiger partial charge < -0.3 is 9.64 Å². The van der Waals surface area contributed by atoms with E-state index >= 15 is 0 Å². The predicted molar refractivity (Wildman–Crippen MR) is 103 cm³/mol. The summed E-state index contributed by atoms with van der Waals surface area (Å²) in [5.74, 6) is -1.22. The maximum absolute atomic E-state index is 13.2. The Balaban J connectivity index is 1.56. The molecule has 27 heavy (non-hydrogen) atoms. The lowest BCUT2D eigenvalue weighted by Gasteiger charge is -2.25. The van der Waals surface area contributed by atoms with Gasteiger partial charge in [-0.15, -0.1) is 0 Å². The van der Waals surface area contributed by atoms with Crippen molar-refractivity contribution in [1.29, 1.82) is 0 Å². The van der Waals surface area contributed by atoms with E-state index in [1.165, 1.54) is 29.5 Å². The van der Waals surface area contributed by atoms with Crippen LogP contribution in [-0.4, -0.2) is 43.1 Å². The summed E-state index contributed by atoms with van der Waals surface area (Å²) in [5, 5.41) is 0.767. The number of hydrazine groups is 1. The van der Waals surface area contributed by atoms with Crippen LogP contribution in [0.3, 0.4) is 0 Å². The van der Waals surface area contributed by atoms with E-state index in [4.69, 9.17) is 4.74 Å². The Morgan fingerprint density at radius 3 is 2.78 bits per heavy atom. The first-order chi connectivity index (χ1) is 12.9. The molecule has 1 aromatic heterocycles. The van der Waals surface area contributed by atoms with E-state index in [0.717, 1.165) is 18.2 Å². The fraction of sp³-hybridized carbons (Fsp3) is 0.353. The molecule has 0 spiro atoms.